The van der Waals surface area contributed by atoms with Gasteiger partial charge in [-0.1, -0.05) is 13.8 Å². The van der Waals surface area contributed by atoms with Crippen molar-refractivity contribution in [1.82, 2.24) is 5.32 Å². The SMILES string of the molecule is CCC(C)C(=O)NC(C)Cc1ccco1. The van der Waals surface area contributed by atoms with Gasteiger partial charge >= 0.3 is 0 Å². The van der Waals surface area contributed by atoms with Gasteiger partial charge in [0.1, 0.15) is 5.76 Å². The Balaban J connectivity index is 2.36. The molecule has 0 bridgehead atoms. The lowest BCUT2D eigenvalue weighted by molar-refractivity contribution is -0.125. The molecule has 0 saturated heterocycles. The smallest absolute Gasteiger partial charge is 0.223 e. The third kappa shape index (κ3) is 3.78. The van der Waals surface area contributed by atoms with Gasteiger partial charge in [-0.05, 0) is 25.5 Å². The van der Waals surface area contributed by atoms with Crippen LogP contribution in [0, 0.1) is 5.92 Å². The summed E-state index contributed by atoms with van der Waals surface area (Å²) < 4.78 is 5.22. The average molecular weight is 209 g/mol. The van der Waals surface area contributed by atoms with E-state index in [0.717, 1.165) is 18.6 Å². The molecule has 0 spiro atoms. The Hall–Kier alpha value is -1.25. The minimum Gasteiger partial charge on any atom is -0.469 e. The number of amides is 1. The predicted molar refractivity (Wildman–Crippen MR) is 59.5 cm³/mol. The highest BCUT2D eigenvalue weighted by atomic mass is 16.3. The maximum absolute atomic E-state index is 11.6. The molecule has 1 N–H and O–H groups in total. The van der Waals surface area contributed by atoms with Crippen molar-refractivity contribution in [1.29, 1.82) is 0 Å². The molecule has 2 unspecified atom stereocenters. The predicted octanol–water partition coefficient (Wildman–Crippen LogP) is 2.37. The van der Waals surface area contributed by atoms with Crippen molar-refractivity contribution in [2.24, 2.45) is 5.92 Å². The first-order chi connectivity index (χ1) is 7.13. The Morgan fingerprint density at radius 3 is 2.80 bits per heavy atom. The highest BCUT2D eigenvalue weighted by Gasteiger charge is 2.14. The second-order valence-electron chi connectivity index (χ2n) is 4.00. The van der Waals surface area contributed by atoms with Gasteiger partial charge < -0.3 is 9.73 Å². The molecule has 0 fully saturated rings. The van der Waals surface area contributed by atoms with Gasteiger partial charge in [-0.15, -0.1) is 0 Å². The lowest BCUT2D eigenvalue weighted by Gasteiger charge is -2.15. The van der Waals surface area contributed by atoms with Gasteiger partial charge in [-0.3, -0.25) is 4.79 Å². The van der Waals surface area contributed by atoms with Crippen molar-refractivity contribution in [3.63, 3.8) is 0 Å². The molecule has 3 nitrogen and oxygen atoms in total. The van der Waals surface area contributed by atoms with Crippen LogP contribution >= 0.6 is 0 Å². The van der Waals surface area contributed by atoms with E-state index in [4.69, 9.17) is 4.42 Å². The van der Waals surface area contributed by atoms with Gasteiger partial charge in [0.2, 0.25) is 5.91 Å². The number of hydrogen-bond acceptors (Lipinski definition) is 2. The van der Waals surface area contributed by atoms with Crippen molar-refractivity contribution in [2.45, 2.75) is 39.7 Å². The fourth-order valence-electron chi connectivity index (χ4n) is 1.35. The van der Waals surface area contributed by atoms with Gasteiger partial charge in [-0.25, -0.2) is 0 Å². The van der Waals surface area contributed by atoms with Crippen LogP contribution in [0.2, 0.25) is 0 Å². The molecule has 0 aromatic carbocycles. The van der Waals surface area contributed by atoms with Gasteiger partial charge in [0, 0.05) is 18.4 Å². The Morgan fingerprint density at radius 2 is 2.27 bits per heavy atom. The van der Waals surface area contributed by atoms with E-state index in [9.17, 15) is 4.79 Å². The zero-order chi connectivity index (χ0) is 11.3. The Morgan fingerprint density at radius 1 is 1.53 bits per heavy atom. The van der Waals surface area contributed by atoms with E-state index in [2.05, 4.69) is 5.32 Å². The highest BCUT2D eigenvalue weighted by molar-refractivity contribution is 5.78. The summed E-state index contributed by atoms with van der Waals surface area (Å²) >= 11 is 0. The fraction of sp³-hybridized carbons (Fsp3) is 0.583. The van der Waals surface area contributed by atoms with Gasteiger partial charge in [0.25, 0.3) is 0 Å². The van der Waals surface area contributed by atoms with E-state index in [-0.39, 0.29) is 17.9 Å². The molecule has 3 heteroatoms. The summed E-state index contributed by atoms with van der Waals surface area (Å²) in [6.45, 7) is 5.94. The van der Waals surface area contributed by atoms with E-state index in [1.54, 1.807) is 6.26 Å². The molecule has 1 rings (SSSR count). The van der Waals surface area contributed by atoms with Gasteiger partial charge in [0.15, 0.2) is 0 Å². The van der Waals surface area contributed by atoms with Crippen LogP contribution in [0.25, 0.3) is 0 Å². The summed E-state index contributed by atoms with van der Waals surface area (Å²) in [4.78, 5) is 11.6. The molecule has 15 heavy (non-hydrogen) atoms. The minimum atomic E-state index is 0.0871. The van der Waals surface area contributed by atoms with Crippen LogP contribution < -0.4 is 5.32 Å². The average Bonchev–Trinajstić information content (AvgIpc) is 2.68. The van der Waals surface area contributed by atoms with Crippen LogP contribution in [0.4, 0.5) is 0 Å². The minimum absolute atomic E-state index is 0.0871. The third-order valence-corrected chi connectivity index (χ3v) is 2.54. The molecule has 1 aromatic rings. The number of hydrogen-bond donors (Lipinski definition) is 1. The van der Waals surface area contributed by atoms with Crippen LogP contribution in [0.5, 0.6) is 0 Å². The summed E-state index contributed by atoms with van der Waals surface area (Å²) in [5.74, 6) is 1.12. The first-order valence-corrected chi connectivity index (χ1v) is 5.46. The van der Waals surface area contributed by atoms with E-state index in [1.807, 2.05) is 32.9 Å². The molecule has 0 saturated carbocycles. The number of nitrogens with one attached hydrogen (secondary N) is 1. The maximum atomic E-state index is 11.6. The van der Waals surface area contributed by atoms with Crippen LogP contribution in [-0.4, -0.2) is 11.9 Å². The van der Waals surface area contributed by atoms with Gasteiger partial charge in [0.05, 0.1) is 6.26 Å². The molecule has 0 radical (unpaired) electrons. The van der Waals surface area contributed by atoms with Crippen molar-refractivity contribution in [2.75, 3.05) is 0 Å². The highest BCUT2D eigenvalue weighted by Crippen LogP contribution is 2.05. The molecule has 1 amide bonds. The number of carbonyl (C=O) groups is 1. The second kappa shape index (κ2) is 5.59. The molecule has 0 aliphatic rings. The summed E-state index contributed by atoms with van der Waals surface area (Å²) in [7, 11) is 0. The lowest BCUT2D eigenvalue weighted by Crippen LogP contribution is -2.37. The van der Waals surface area contributed by atoms with E-state index in [0.29, 0.717) is 0 Å². The summed E-state index contributed by atoms with van der Waals surface area (Å²) in [5.41, 5.74) is 0. The normalized spacial score (nSPS) is 14.6. The number of furan rings is 1. The lowest BCUT2D eigenvalue weighted by atomic mass is 10.1. The molecular formula is C12H19NO2. The molecule has 1 aromatic heterocycles. The first kappa shape index (κ1) is 11.8. The molecule has 0 aliphatic carbocycles. The Labute approximate surface area is 90.9 Å². The van der Waals surface area contributed by atoms with Crippen molar-refractivity contribution >= 4 is 5.91 Å². The second-order valence-corrected chi connectivity index (χ2v) is 4.00. The van der Waals surface area contributed by atoms with Crippen LogP contribution in [0.15, 0.2) is 22.8 Å². The largest absolute Gasteiger partial charge is 0.469 e. The van der Waals surface area contributed by atoms with Crippen molar-refractivity contribution in [3.05, 3.63) is 24.2 Å². The van der Waals surface area contributed by atoms with Crippen LogP contribution in [0.3, 0.4) is 0 Å². The molecule has 84 valence electrons. The zero-order valence-electron chi connectivity index (χ0n) is 9.62. The fourth-order valence-corrected chi connectivity index (χ4v) is 1.35. The van der Waals surface area contributed by atoms with Crippen molar-refractivity contribution < 1.29 is 9.21 Å². The summed E-state index contributed by atoms with van der Waals surface area (Å²) in [6.07, 6.45) is 3.27. The number of rotatable bonds is 5. The molecule has 0 aliphatic heterocycles. The van der Waals surface area contributed by atoms with Crippen molar-refractivity contribution in [3.8, 4) is 0 Å². The molecule has 2 atom stereocenters. The quantitative estimate of drug-likeness (QED) is 0.809. The first-order valence-electron chi connectivity index (χ1n) is 5.46. The molecular weight excluding hydrogens is 190 g/mol. The summed E-state index contributed by atoms with van der Waals surface area (Å²) in [6, 6.07) is 3.91. The zero-order valence-corrected chi connectivity index (χ0v) is 9.62. The van der Waals surface area contributed by atoms with Gasteiger partial charge in [-0.2, -0.15) is 0 Å². The van der Waals surface area contributed by atoms with E-state index < -0.39 is 0 Å². The summed E-state index contributed by atoms with van der Waals surface area (Å²) in [5, 5.41) is 2.97. The van der Waals surface area contributed by atoms with E-state index >= 15 is 0 Å². The standard InChI is InChI=1S/C12H19NO2/c1-4-9(2)12(14)13-10(3)8-11-6-5-7-15-11/h5-7,9-10H,4,8H2,1-3H3,(H,13,14). The van der Waals surface area contributed by atoms with Crippen LogP contribution in [-0.2, 0) is 11.2 Å². The van der Waals surface area contributed by atoms with Crippen LogP contribution in [0.1, 0.15) is 33.0 Å². The topological polar surface area (TPSA) is 42.2 Å². The van der Waals surface area contributed by atoms with E-state index in [1.165, 1.54) is 0 Å². The Kier molecular flexibility index (Phi) is 4.40. The Bertz CT molecular complexity index is 293. The monoisotopic (exact) mass is 209 g/mol. The number of carbonyl (C=O) groups excluding carboxylic acids is 1. The molecule has 1 heterocycles. The third-order valence-electron chi connectivity index (χ3n) is 2.54. The maximum Gasteiger partial charge on any atom is 0.223 e.